The Hall–Kier alpha value is -3.59. The number of aromatic hydroxyl groups is 2. The Bertz CT molecular complexity index is 1940. The van der Waals surface area contributed by atoms with Crippen LogP contribution in [0.4, 0.5) is 0 Å². The lowest BCUT2D eigenvalue weighted by atomic mass is 9.77. The van der Waals surface area contributed by atoms with E-state index in [0.717, 1.165) is 39.9 Å². The van der Waals surface area contributed by atoms with Crippen LogP contribution in [0.15, 0.2) is 24.3 Å². The molecule has 4 rings (SSSR count). The van der Waals surface area contributed by atoms with Gasteiger partial charge in [0.15, 0.2) is 0 Å². The van der Waals surface area contributed by atoms with E-state index in [1.165, 1.54) is 0 Å². The van der Waals surface area contributed by atoms with Crippen molar-refractivity contribution in [3.05, 3.63) is 57.6 Å². The number of esters is 2. The number of hydrogen-bond donors (Lipinski definition) is 2. The maximum atomic E-state index is 14.2. The van der Waals surface area contributed by atoms with Crippen molar-refractivity contribution in [1.82, 2.24) is 9.80 Å². The third-order valence-corrected chi connectivity index (χ3v) is 14.0. The van der Waals surface area contributed by atoms with E-state index in [0.29, 0.717) is 62.9 Å². The van der Waals surface area contributed by atoms with Crippen molar-refractivity contribution >= 4 is 17.8 Å². The van der Waals surface area contributed by atoms with Gasteiger partial charge in [-0.2, -0.15) is 0 Å². The number of phenolic OH excluding ortho intramolecular Hbond substituents is 2. The zero-order valence-corrected chi connectivity index (χ0v) is 44.6. The summed E-state index contributed by atoms with van der Waals surface area (Å²) in [4.78, 5) is 45.5. The molecular weight excluding hydrogens is 813 g/mol. The van der Waals surface area contributed by atoms with Gasteiger partial charge in [-0.05, 0) is 136 Å². The van der Waals surface area contributed by atoms with Gasteiger partial charge in [0.25, 0.3) is 0 Å². The molecule has 0 aliphatic carbocycles. The van der Waals surface area contributed by atoms with E-state index in [4.69, 9.17) is 9.47 Å². The summed E-state index contributed by atoms with van der Waals surface area (Å²) in [6.07, 6.45) is 4.68. The average molecular weight is 903 g/mol. The number of carbonyl (C=O) groups is 3. The molecule has 1 amide bonds. The van der Waals surface area contributed by atoms with Crippen LogP contribution in [0, 0.1) is 0 Å². The van der Waals surface area contributed by atoms with Crippen molar-refractivity contribution in [2.45, 2.75) is 259 Å². The number of ether oxygens (including phenoxy) is 2. The van der Waals surface area contributed by atoms with Crippen LogP contribution in [-0.2, 0) is 58.4 Å². The molecule has 65 heavy (non-hydrogen) atoms. The molecular formula is C56H90N2O7. The number of piperidine rings is 2. The van der Waals surface area contributed by atoms with E-state index >= 15 is 0 Å². The number of carbonyl (C=O) groups excluding carboxylic acids is 3. The summed E-state index contributed by atoms with van der Waals surface area (Å²) in [5.41, 5.74) is 3.05. The maximum absolute atomic E-state index is 14.2. The van der Waals surface area contributed by atoms with Gasteiger partial charge in [0.2, 0.25) is 5.91 Å². The largest absolute Gasteiger partial charge is 0.507 e. The zero-order chi connectivity index (χ0) is 49.7. The van der Waals surface area contributed by atoms with Crippen molar-refractivity contribution in [3.8, 4) is 11.5 Å². The summed E-state index contributed by atoms with van der Waals surface area (Å²) in [7, 11) is 0. The lowest BCUT2D eigenvalue weighted by molar-refractivity contribution is -0.169. The fraction of sp³-hybridized carbons (Fsp3) is 0.732. The number of likely N-dealkylation sites (tertiary alicyclic amines) is 2. The second-order valence-corrected chi connectivity index (χ2v) is 26.4. The zero-order valence-electron chi connectivity index (χ0n) is 44.6. The second-order valence-electron chi connectivity index (χ2n) is 26.4. The molecule has 2 fully saturated rings. The highest BCUT2D eigenvalue weighted by Crippen LogP contribution is 2.44. The van der Waals surface area contributed by atoms with Crippen LogP contribution in [0.25, 0.3) is 0 Å². The van der Waals surface area contributed by atoms with E-state index in [9.17, 15) is 24.6 Å². The SMILES string of the molecule is CC(C)(C)c1cc(CCC(=O)OC2CC(C)(C)N(CCCC(=O)N3C(C)(C)CC(OC(=O)CCc4cc(C(C)(C)C)c(O)c(C(C)(C)C)c4)CC3(C)C)C(C)(C)C2)cc(C(C)(C)C)c1O. The fourth-order valence-corrected chi connectivity index (χ4v) is 11.3. The van der Waals surface area contributed by atoms with Gasteiger partial charge in [-0.1, -0.05) is 107 Å². The number of aryl methyl sites for hydroxylation is 2. The van der Waals surface area contributed by atoms with Gasteiger partial charge in [0, 0.05) is 67.1 Å². The number of hydrogen-bond acceptors (Lipinski definition) is 8. The van der Waals surface area contributed by atoms with Crippen LogP contribution in [-0.4, -0.2) is 78.8 Å². The third kappa shape index (κ3) is 13.3. The second kappa shape index (κ2) is 18.8. The smallest absolute Gasteiger partial charge is 0.306 e. The average Bonchev–Trinajstić information content (AvgIpc) is 3.08. The molecule has 0 spiro atoms. The fourth-order valence-electron chi connectivity index (χ4n) is 11.3. The Kier molecular flexibility index (Phi) is 15.6. The molecule has 0 bridgehead atoms. The lowest BCUT2D eigenvalue weighted by Crippen LogP contribution is -2.64. The highest BCUT2D eigenvalue weighted by Gasteiger charge is 2.50. The number of phenols is 2. The summed E-state index contributed by atoms with van der Waals surface area (Å²) in [5.74, 6) is 0.336. The van der Waals surface area contributed by atoms with Crippen molar-refractivity contribution in [2.75, 3.05) is 6.54 Å². The van der Waals surface area contributed by atoms with Crippen LogP contribution < -0.4 is 0 Å². The molecule has 2 aliphatic heterocycles. The van der Waals surface area contributed by atoms with E-state index in [-0.39, 0.29) is 75.6 Å². The Morgan fingerprint density at radius 3 is 1.11 bits per heavy atom. The number of amides is 1. The molecule has 2 heterocycles. The molecule has 9 heteroatoms. The minimum absolute atomic E-state index is 0.110. The quantitative estimate of drug-likeness (QED) is 0.202. The molecule has 0 saturated carbocycles. The van der Waals surface area contributed by atoms with E-state index < -0.39 is 11.1 Å². The molecule has 2 aromatic carbocycles. The predicted octanol–water partition coefficient (Wildman–Crippen LogP) is 12.3. The molecule has 2 saturated heterocycles. The third-order valence-electron chi connectivity index (χ3n) is 14.0. The minimum Gasteiger partial charge on any atom is -0.507 e. The summed E-state index contributed by atoms with van der Waals surface area (Å²) in [6.45, 7) is 43.1. The Morgan fingerprint density at radius 1 is 0.523 bits per heavy atom. The van der Waals surface area contributed by atoms with Crippen LogP contribution in [0.5, 0.6) is 11.5 Å². The van der Waals surface area contributed by atoms with E-state index in [1.54, 1.807) is 0 Å². The van der Waals surface area contributed by atoms with E-state index in [2.05, 4.69) is 143 Å². The summed E-state index contributed by atoms with van der Waals surface area (Å²) < 4.78 is 12.4. The number of nitrogens with zero attached hydrogens (tertiary/aromatic N) is 2. The van der Waals surface area contributed by atoms with Gasteiger partial charge in [-0.25, -0.2) is 0 Å². The summed E-state index contributed by atoms with van der Waals surface area (Å²) >= 11 is 0. The van der Waals surface area contributed by atoms with Crippen LogP contribution in [0.3, 0.4) is 0 Å². The van der Waals surface area contributed by atoms with Gasteiger partial charge in [0.1, 0.15) is 23.7 Å². The van der Waals surface area contributed by atoms with Crippen molar-refractivity contribution in [2.24, 2.45) is 0 Å². The number of rotatable bonds is 12. The Balaban J connectivity index is 1.33. The van der Waals surface area contributed by atoms with E-state index in [1.807, 2.05) is 29.2 Å². The molecule has 0 aromatic heterocycles. The molecule has 2 aliphatic rings. The molecule has 2 aromatic rings. The Labute approximate surface area is 394 Å². The standard InChI is InChI=1S/C56H90N2O7/c1-49(2,3)40-28-36(29-41(47(40)62)50(4,5)6)23-25-45(60)64-38-32-53(13,14)57(54(15,16)33-38)27-21-22-44(59)58-55(17,18)34-39(35-56(58,19)20)65-46(61)26-24-37-30-42(51(7,8)9)48(63)43(31-37)52(10,11)12/h28-31,38-39,62-63H,21-27,32-35H2,1-20H3. The van der Waals surface area contributed by atoms with Crippen molar-refractivity contribution in [3.63, 3.8) is 0 Å². The van der Waals surface area contributed by atoms with Gasteiger partial charge in [-0.3, -0.25) is 19.3 Å². The lowest BCUT2D eigenvalue weighted by Gasteiger charge is -2.56. The molecule has 0 radical (unpaired) electrons. The van der Waals surface area contributed by atoms with Crippen LogP contribution in [0.1, 0.15) is 223 Å². The molecule has 9 nitrogen and oxygen atoms in total. The molecule has 366 valence electrons. The van der Waals surface area contributed by atoms with Gasteiger partial charge >= 0.3 is 11.9 Å². The van der Waals surface area contributed by atoms with Crippen LogP contribution >= 0.6 is 0 Å². The Morgan fingerprint density at radius 2 is 0.815 bits per heavy atom. The monoisotopic (exact) mass is 903 g/mol. The first-order chi connectivity index (χ1) is 29.3. The van der Waals surface area contributed by atoms with Gasteiger partial charge in [0.05, 0.1) is 0 Å². The summed E-state index contributed by atoms with van der Waals surface area (Å²) in [6, 6.07) is 8.15. The normalized spacial score (nSPS) is 19.5. The number of benzene rings is 2. The van der Waals surface area contributed by atoms with Crippen molar-refractivity contribution in [1.29, 1.82) is 0 Å². The van der Waals surface area contributed by atoms with Gasteiger partial charge < -0.3 is 24.6 Å². The first-order valence-electron chi connectivity index (χ1n) is 24.5. The topological polar surface area (TPSA) is 117 Å². The van der Waals surface area contributed by atoms with Gasteiger partial charge in [-0.15, -0.1) is 0 Å². The first kappa shape index (κ1) is 54.0. The van der Waals surface area contributed by atoms with Crippen molar-refractivity contribution < 1.29 is 34.1 Å². The maximum Gasteiger partial charge on any atom is 0.306 e. The highest BCUT2D eigenvalue weighted by atomic mass is 16.5. The molecule has 0 atom stereocenters. The molecule has 0 unspecified atom stereocenters. The highest BCUT2D eigenvalue weighted by molar-refractivity contribution is 5.78. The first-order valence-corrected chi connectivity index (χ1v) is 24.5. The summed E-state index contributed by atoms with van der Waals surface area (Å²) in [5, 5.41) is 22.3. The van der Waals surface area contributed by atoms with Crippen LogP contribution in [0.2, 0.25) is 0 Å². The molecule has 2 N–H and O–H groups in total. The minimum atomic E-state index is -0.517. The predicted molar refractivity (Wildman–Crippen MR) is 265 cm³/mol.